The van der Waals surface area contributed by atoms with Crippen LogP contribution in [0.25, 0.3) is 0 Å². The van der Waals surface area contributed by atoms with Crippen molar-refractivity contribution in [3.8, 4) is 0 Å². The molecule has 0 unspecified atom stereocenters. The van der Waals surface area contributed by atoms with Crippen molar-refractivity contribution in [2.24, 2.45) is 5.92 Å². The summed E-state index contributed by atoms with van der Waals surface area (Å²) in [6.07, 6.45) is 2.79. The Bertz CT molecular complexity index is 263. The highest BCUT2D eigenvalue weighted by atomic mass is 14.9. The second kappa shape index (κ2) is 3.18. The first-order valence-corrected chi connectivity index (χ1v) is 4.51. The molecule has 1 nitrogen and oxygen atoms in total. The van der Waals surface area contributed by atoms with Gasteiger partial charge in [0.15, 0.2) is 0 Å². The first-order chi connectivity index (χ1) is 5.86. The van der Waals surface area contributed by atoms with Crippen LogP contribution in [0.1, 0.15) is 18.4 Å². The van der Waals surface area contributed by atoms with E-state index < -0.39 is 0 Å². The van der Waals surface area contributed by atoms with Gasteiger partial charge in [0.25, 0.3) is 0 Å². The molecule has 1 aliphatic rings. The van der Waals surface area contributed by atoms with E-state index in [-0.39, 0.29) is 0 Å². The third-order valence-corrected chi connectivity index (χ3v) is 2.30. The number of rotatable bonds is 3. The molecule has 1 aromatic carbocycles. The zero-order chi connectivity index (χ0) is 8.39. The van der Waals surface area contributed by atoms with Crippen LogP contribution in [-0.4, -0.2) is 6.54 Å². The third-order valence-electron chi connectivity index (χ3n) is 2.30. The molecule has 1 saturated carbocycles. The zero-order valence-electron chi connectivity index (χ0n) is 7.22. The highest BCUT2D eigenvalue weighted by Crippen LogP contribution is 2.29. The average Bonchev–Trinajstić information content (AvgIpc) is 2.86. The minimum absolute atomic E-state index is 0.921. The smallest absolute Gasteiger partial charge is 0.0372 e. The summed E-state index contributed by atoms with van der Waals surface area (Å²) < 4.78 is 0. The van der Waals surface area contributed by atoms with Crippen LogP contribution in [-0.2, 0) is 0 Å². The summed E-state index contributed by atoms with van der Waals surface area (Å²) in [6.45, 7) is 5.07. The Kier molecular flexibility index (Phi) is 2.03. The molecule has 0 saturated heterocycles. The van der Waals surface area contributed by atoms with E-state index in [2.05, 4.69) is 18.3 Å². The van der Waals surface area contributed by atoms with Gasteiger partial charge in [-0.1, -0.05) is 18.2 Å². The summed E-state index contributed by atoms with van der Waals surface area (Å²) in [7, 11) is 0. The number of hydrogen-bond acceptors (Lipinski definition) is 1. The van der Waals surface area contributed by atoms with Crippen molar-refractivity contribution in [2.45, 2.75) is 12.8 Å². The molecule has 0 heterocycles. The molecule has 1 aliphatic carbocycles. The van der Waals surface area contributed by atoms with Crippen LogP contribution in [0.3, 0.4) is 0 Å². The minimum Gasteiger partial charge on any atom is -0.385 e. The molecular weight excluding hydrogens is 146 g/mol. The monoisotopic (exact) mass is 160 g/mol. The topological polar surface area (TPSA) is 12.0 Å². The van der Waals surface area contributed by atoms with E-state index in [1.54, 1.807) is 0 Å². The van der Waals surface area contributed by atoms with Crippen molar-refractivity contribution < 1.29 is 0 Å². The van der Waals surface area contributed by atoms with Crippen molar-refractivity contribution in [1.82, 2.24) is 0 Å². The molecule has 0 bridgehead atoms. The first-order valence-electron chi connectivity index (χ1n) is 4.51. The highest BCUT2D eigenvalue weighted by molar-refractivity contribution is 5.52. The molecule has 0 amide bonds. The molecule has 12 heavy (non-hydrogen) atoms. The molecule has 1 N–H and O–H groups in total. The van der Waals surface area contributed by atoms with Gasteiger partial charge in [-0.05, 0) is 37.3 Å². The van der Waals surface area contributed by atoms with E-state index in [0.29, 0.717) is 0 Å². The van der Waals surface area contributed by atoms with E-state index in [1.165, 1.54) is 18.5 Å². The molecule has 63 valence electrons. The van der Waals surface area contributed by atoms with E-state index in [1.807, 2.05) is 18.2 Å². The van der Waals surface area contributed by atoms with Crippen molar-refractivity contribution in [3.05, 3.63) is 36.8 Å². The Hall–Kier alpha value is -0.980. The summed E-state index contributed by atoms with van der Waals surface area (Å²) in [5, 5.41) is 3.41. The fourth-order valence-corrected chi connectivity index (χ4v) is 1.27. The molecule has 0 aromatic heterocycles. The molecule has 1 aromatic rings. The Labute approximate surface area is 73.8 Å². The van der Waals surface area contributed by atoms with Crippen LogP contribution in [0.4, 0.5) is 5.69 Å². The SMILES string of the molecule is [CH2]c1ccccc1NCC1CC1. The Morgan fingerprint density at radius 3 is 2.75 bits per heavy atom. The standard InChI is InChI=1S/C11H14N/c1-9-4-2-3-5-11(9)12-8-10-6-7-10/h2-5,10,12H,1,6-8H2. The van der Waals surface area contributed by atoms with Gasteiger partial charge in [-0.15, -0.1) is 0 Å². The molecular formula is C11H14N. The maximum Gasteiger partial charge on any atom is 0.0372 e. The lowest BCUT2D eigenvalue weighted by Gasteiger charge is -2.07. The van der Waals surface area contributed by atoms with Gasteiger partial charge in [0.05, 0.1) is 0 Å². The fraction of sp³-hybridized carbons (Fsp3) is 0.364. The van der Waals surface area contributed by atoms with Crippen molar-refractivity contribution >= 4 is 5.69 Å². The van der Waals surface area contributed by atoms with Gasteiger partial charge in [-0.2, -0.15) is 0 Å². The molecule has 1 radical (unpaired) electrons. The summed E-state index contributed by atoms with van der Waals surface area (Å²) in [5.74, 6) is 0.921. The fourth-order valence-electron chi connectivity index (χ4n) is 1.27. The van der Waals surface area contributed by atoms with Crippen LogP contribution < -0.4 is 5.32 Å². The van der Waals surface area contributed by atoms with E-state index in [4.69, 9.17) is 0 Å². The van der Waals surface area contributed by atoms with Crippen molar-refractivity contribution in [1.29, 1.82) is 0 Å². The van der Waals surface area contributed by atoms with Crippen molar-refractivity contribution in [3.63, 3.8) is 0 Å². The van der Waals surface area contributed by atoms with Gasteiger partial charge in [-0.25, -0.2) is 0 Å². The van der Waals surface area contributed by atoms with Crippen LogP contribution in [0.15, 0.2) is 24.3 Å². The maximum atomic E-state index is 3.96. The van der Waals surface area contributed by atoms with E-state index in [0.717, 1.165) is 18.0 Å². The molecule has 2 rings (SSSR count). The Morgan fingerprint density at radius 2 is 2.08 bits per heavy atom. The summed E-state index contributed by atoms with van der Waals surface area (Å²) in [4.78, 5) is 0. The molecule has 1 fully saturated rings. The molecule has 1 heteroatoms. The lowest BCUT2D eigenvalue weighted by molar-refractivity contribution is 0.889. The molecule has 0 aliphatic heterocycles. The predicted molar refractivity (Wildman–Crippen MR) is 52.1 cm³/mol. The Morgan fingerprint density at radius 1 is 1.33 bits per heavy atom. The van der Waals surface area contributed by atoms with Crippen LogP contribution in [0.5, 0.6) is 0 Å². The number of benzene rings is 1. The van der Waals surface area contributed by atoms with Gasteiger partial charge < -0.3 is 5.32 Å². The maximum absolute atomic E-state index is 3.96. The largest absolute Gasteiger partial charge is 0.385 e. The Balaban J connectivity index is 1.96. The molecule has 0 spiro atoms. The second-order valence-electron chi connectivity index (χ2n) is 3.48. The lowest BCUT2D eigenvalue weighted by Crippen LogP contribution is -2.03. The normalized spacial score (nSPS) is 16.1. The van der Waals surface area contributed by atoms with Crippen molar-refractivity contribution in [2.75, 3.05) is 11.9 Å². The van der Waals surface area contributed by atoms with E-state index in [9.17, 15) is 0 Å². The summed E-state index contributed by atoms with van der Waals surface area (Å²) in [5.41, 5.74) is 2.28. The number of nitrogens with one attached hydrogen (secondary N) is 1. The third kappa shape index (κ3) is 1.79. The van der Waals surface area contributed by atoms with Crippen LogP contribution in [0.2, 0.25) is 0 Å². The average molecular weight is 160 g/mol. The molecule has 0 atom stereocenters. The lowest BCUT2D eigenvalue weighted by atomic mass is 10.2. The number of hydrogen-bond donors (Lipinski definition) is 1. The number of anilines is 1. The number of para-hydroxylation sites is 1. The highest BCUT2D eigenvalue weighted by Gasteiger charge is 2.20. The van der Waals surface area contributed by atoms with Crippen LogP contribution >= 0.6 is 0 Å². The van der Waals surface area contributed by atoms with Crippen LogP contribution in [0, 0.1) is 12.8 Å². The van der Waals surface area contributed by atoms with Gasteiger partial charge in [-0.3, -0.25) is 0 Å². The summed E-state index contributed by atoms with van der Waals surface area (Å²) in [6, 6.07) is 8.19. The van der Waals surface area contributed by atoms with Gasteiger partial charge in [0.2, 0.25) is 0 Å². The van der Waals surface area contributed by atoms with Gasteiger partial charge >= 0.3 is 0 Å². The summed E-state index contributed by atoms with van der Waals surface area (Å²) >= 11 is 0. The minimum atomic E-state index is 0.921. The van der Waals surface area contributed by atoms with E-state index >= 15 is 0 Å². The predicted octanol–water partition coefficient (Wildman–Crippen LogP) is 2.69. The van der Waals surface area contributed by atoms with Gasteiger partial charge in [0.1, 0.15) is 0 Å². The zero-order valence-corrected chi connectivity index (χ0v) is 7.22. The first kappa shape index (κ1) is 7.66. The second-order valence-corrected chi connectivity index (χ2v) is 3.48. The van der Waals surface area contributed by atoms with Gasteiger partial charge in [0, 0.05) is 12.2 Å². The quantitative estimate of drug-likeness (QED) is 0.716.